The van der Waals surface area contributed by atoms with Crippen molar-refractivity contribution in [1.29, 1.82) is 0 Å². The third-order valence-corrected chi connectivity index (χ3v) is 2.87. The maximum atomic E-state index is 11.4. The maximum absolute atomic E-state index is 11.4. The van der Waals surface area contributed by atoms with Crippen molar-refractivity contribution in [1.82, 2.24) is 0 Å². The van der Waals surface area contributed by atoms with Crippen LogP contribution in [0.5, 0.6) is 11.5 Å². The van der Waals surface area contributed by atoms with Crippen molar-refractivity contribution in [3.05, 3.63) is 59.7 Å². The van der Waals surface area contributed by atoms with Gasteiger partial charge in [0.15, 0.2) is 0 Å². The molecule has 0 spiro atoms. The number of hydrogen-bond donors (Lipinski definition) is 0. The molecule has 0 aliphatic carbocycles. The van der Waals surface area contributed by atoms with Crippen molar-refractivity contribution >= 4 is 12.4 Å². The average molecular weight is 336 g/mol. The van der Waals surface area contributed by atoms with E-state index in [4.69, 9.17) is 0 Å². The van der Waals surface area contributed by atoms with E-state index in [1.807, 2.05) is 12.1 Å². The Kier molecular flexibility index (Phi) is 7.97. The zero-order valence-electron chi connectivity index (χ0n) is 12.0. The van der Waals surface area contributed by atoms with Crippen LogP contribution in [0.2, 0.25) is 0 Å². The van der Waals surface area contributed by atoms with Gasteiger partial charge in [0.25, 0.3) is 0 Å². The SMILES string of the molecule is [Fe+2].[O-]c1ccccc1C=NCCCN=Cc1ccccc1[O-]. The number of para-hydroxylation sites is 2. The van der Waals surface area contributed by atoms with Crippen LogP contribution < -0.4 is 10.2 Å². The van der Waals surface area contributed by atoms with Crippen molar-refractivity contribution < 1.29 is 27.3 Å². The van der Waals surface area contributed by atoms with E-state index in [0.717, 1.165) is 6.42 Å². The van der Waals surface area contributed by atoms with Crippen LogP contribution in [0.3, 0.4) is 0 Å². The van der Waals surface area contributed by atoms with Gasteiger partial charge in [-0.15, -0.1) is 11.5 Å². The van der Waals surface area contributed by atoms with E-state index in [1.165, 1.54) is 12.1 Å². The van der Waals surface area contributed by atoms with Crippen molar-refractivity contribution in [2.75, 3.05) is 13.1 Å². The second-order valence-corrected chi connectivity index (χ2v) is 4.50. The van der Waals surface area contributed by atoms with Crippen molar-refractivity contribution in [2.24, 2.45) is 9.98 Å². The Bertz CT molecular complexity index is 587. The van der Waals surface area contributed by atoms with Crippen LogP contribution in [0.1, 0.15) is 17.5 Å². The van der Waals surface area contributed by atoms with Crippen LogP contribution in [-0.4, -0.2) is 25.5 Å². The van der Waals surface area contributed by atoms with Gasteiger partial charge in [0, 0.05) is 25.5 Å². The molecule has 0 radical (unpaired) electrons. The minimum absolute atomic E-state index is 0. The molecule has 2 aromatic carbocycles. The molecule has 22 heavy (non-hydrogen) atoms. The Morgan fingerprint density at radius 3 is 1.55 bits per heavy atom. The number of nitrogens with zero attached hydrogens (tertiary/aromatic N) is 2. The minimum atomic E-state index is -0.0219. The summed E-state index contributed by atoms with van der Waals surface area (Å²) in [4.78, 5) is 8.41. The predicted molar refractivity (Wildman–Crippen MR) is 81.3 cm³/mol. The molecule has 5 heteroatoms. The van der Waals surface area contributed by atoms with Crippen molar-refractivity contribution in [3.63, 3.8) is 0 Å². The smallest absolute Gasteiger partial charge is 0.872 e. The topological polar surface area (TPSA) is 70.8 Å². The molecule has 0 aliphatic heterocycles. The first-order chi connectivity index (χ1) is 10.3. The Labute approximate surface area is 140 Å². The summed E-state index contributed by atoms with van der Waals surface area (Å²) in [6.07, 6.45) is 3.97. The van der Waals surface area contributed by atoms with Crippen LogP contribution >= 0.6 is 0 Å². The van der Waals surface area contributed by atoms with Gasteiger partial charge >= 0.3 is 17.1 Å². The molecule has 0 fully saturated rings. The fourth-order valence-electron chi connectivity index (χ4n) is 1.75. The third kappa shape index (κ3) is 5.72. The normalized spacial score (nSPS) is 10.9. The van der Waals surface area contributed by atoms with Gasteiger partial charge in [0.05, 0.1) is 0 Å². The summed E-state index contributed by atoms with van der Waals surface area (Å²) in [6.45, 7) is 1.20. The minimum Gasteiger partial charge on any atom is -0.872 e. The molecule has 0 atom stereocenters. The molecular weight excluding hydrogens is 320 g/mol. The van der Waals surface area contributed by atoms with Gasteiger partial charge in [-0.25, -0.2) is 0 Å². The second kappa shape index (κ2) is 9.77. The largest absolute Gasteiger partial charge is 2.00 e. The Hall–Kier alpha value is -2.10. The average Bonchev–Trinajstić information content (AvgIpc) is 2.50. The van der Waals surface area contributed by atoms with Gasteiger partial charge in [0.1, 0.15) is 0 Å². The zero-order chi connectivity index (χ0) is 14.9. The third-order valence-electron chi connectivity index (χ3n) is 2.87. The van der Waals surface area contributed by atoms with E-state index >= 15 is 0 Å². The number of hydrogen-bond acceptors (Lipinski definition) is 4. The van der Waals surface area contributed by atoms with Gasteiger partial charge in [-0.2, -0.15) is 0 Å². The van der Waals surface area contributed by atoms with Crippen molar-refractivity contribution in [2.45, 2.75) is 6.42 Å². The van der Waals surface area contributed by atoms with Gasteiger partial charge in [-0.1, -0.05) is 48.5 Å². The molecule has 4 nitrogen and oxygen atoms in total. The monoisotopic (exact) mass is 336 g/mol. The number of rotatable bonds is 6. The summed E-state index contributed by atoms with van der Waals surface area (Å²) in [7, 11) is 0. The summed E-state index contributed by atoms with van der Waals surface area (Å²) in [5, 5.41) is 22.9. The van der Waals surface area contributed by atoms with E-state index in [-0.39, 0.29) is 28.6 Å². The van der Waals surface area contributed by atoms with Crippen LogP contribution in [0, 0.1) is 0 Å². The molecule has 0 aliphatic rings. The van der Waals surface area contributed by atoms with E-state index in [2.05, 4.69) is 9.98 Å². The molecule has 114 valence electrons. The first-order valence-corrected chi connectivity index (χ1v) is 6.79. The molecule has 2 rings (SSSR count). The maximum Gasteiger partial charge on any atom is 2.00 e. The van der Waals surface area contributed by atoms with Crippen LogP contribution in [-0.2, 0) is 17.1 Å². The summed E-state index contributed by atoms with van der Waals surface area (Å²) in [6, 6.07) is 13.6. The standard InChI is InChI=1S/C17H18N2O2.Fe/c20-16-8-3-1-6-14(16)12-18-10-5-11-19-13-15-7-2-4-9-17(15)21;/h1-4,6-9,12-13,20-21H,5,10-11H2;/q;+2/p-2. The molecule has 2 aromatic rings. The van der Waals surface area contributed by atoms with Gasteiger partial charge in [0.2, 0.25) is 0 Å². The molecule has 0 amide bonds. The Balaban J connectivity index is 0.00000242. The predicted octanol–water partition coefficient (Wildman–Crippen LogP) is 1.76. The van der Waals surface area contributed by atoms with Gasteiger partial charge < -0.3 is 10.2 Å². The number of benzene rings is 2. The quantitative estimate of drug-likeness (QED) is 0.458. The fourth-order valence-corrected chi connectivity index (χ4v) is 1.75. The first kappa shape index (κ1) is 17.9. The summed E-state index contributed by atoms with van der Waals surface area (Å²) in [5.74, 6) is -0.0438. The summed E-state index contributed by atoms with van der Waals surface area (Å²) in [5.41, 5.74) is 1.20. The fraction of sp³-hybridized carbons (Fsp3) is 0.176. The Morgan fingerprint density at radius 2 is 1.14 bits per heavy atom. The van der Waals surface area contributed by atoms with Crippen molar-refractivity contribution in [3.8, 4) is 11.5 Å². The van der Waals surface area contributed by atoms with Gasteiger partial charge in [-0.05, 0) is 17.5 Å². The van der Waals surface area contributed by atoms with Crippen LogP contribution in [0.25, 0.3) is 0 Å². The molecule has 0 bridgehead atoms. The van der Waals surface area contributed by atoms with E-state index in [0.29, 0.717) is 24.2 Å². The molecular formula is C17H16FeN2O2. The first-order valence-electron chi connectivity index (χ1n) is 6.79. The van der Waals surface area contributed by atoms with E-state index in [9.17, 15) is 10.2 Å². The molecule has 0 heterocycles. The van der Waals surface area contributed by atoms with Gasteiger partial charge in [-0.3, -0.25) is 9.98 Å². The molecule has 0 saturated heterocycles. The van der Waals surface area contributed by atoms with Crippen LogP contribution in [0.15, 0.2) is 58.5 Å². The molecule has 0 N–H and O–H groups in total. The summed E-state index contributed by atoms with van der Waals surface area (Å²) < 4.78 is 0. The van der Waals surface area contributed by atoms with Crippen LogP contribution in [0.4, 0.5) is 0 Å². The molecule has 0 aromatic heterocycles. The second-order valence-electron chi connectivity index (χ2n) is 4.50. The van der Waals surface area contributed by atoms with E-state index < -0.39 is 0 Å². The van der Waals surface area contributed by atoms with E-state index in [1.54, 1.807) is 36.7 Å². The molecule has 0 saturated carbocycles. The molecule has 0 unspecified atom stereocenters. The Morgan fingerprint density at radius 1 is 0.727 bits per heavy atom. The number of aliphatic imine (C=N–C) groups is 2. The zero-order valence-corrected chi connectivity index (χ0v) is 13.1. The summed E-state index contributed by atoms with van der Waals surface area (Å²) >= 11 is 0.